The summed E-state index contributed by atoms with van der Waals surface area (Å²) in [7, 11) is 1.62. The van der Waals surface area contributed by atoms with Crippen molar-refractivity contribution in [1.82, 2.24) is 10.7 Å². The van der Waals surface area contributed by atoms with Gasteiger partial charge in [0.25, 0.3) is 11.8 Å². The van der Waals surface area contributed by atoms with Crippen molar-refractivity contribution >= 4 is 52.0 Å². The SMILES string of the molecule is COc1ccc(/C=N\NC(=O)[C@@H](CC(C)C)NC(=O)[C@H](C)Oc2ccc(Cl)cc2Cl)c2ccccc12. The number of hydrogen-bond donors (Lipinski definition) is 2. The fourth-order valence-corrected chi connectivity index (χ4v) is 4.09. The Bertz CT molecular complexity index is 1260. The number of ether oxygens (including phenoxy) is 2. The van der Waals surface area contributed by atoms with Crippen LogP contribution in [0.2, 0.25) is 10.0 Å². The molecule has 0 saturated carbocycles. The van der Waals surface area contributed by atoms with Gasteiger partial charge in [-0.2, -0.15) is 5.10 Å². The first-order valence-corrected chi connectivity index (χ1v) is 12.3. The van der Waals surface area contributed by atoms with Crippen LogP contribution in [-0.2, 0) is 9.59 Å². The lowest BCUT2D eigenvalue weighted by molar-refractivity contribution is -0.132. The zero-order valence-electron chi connectivity index (χ0n) is 20.5. The summed E-state index contributed by atoms with van der Waals surface area (Å²) in [5, 5.41) is 9.52. The Hall–Kier alpha value is -3.29. The van der Waals surface area contributed by atoms with Crippen LogP contribution >= 0.6 is 23.2 Å². The molecule has 9 heteroatoms. The van der Waals surface area contributed by atoms with Crippen LogP contribution in [0.3, 0.4) is 0 Å². The Morgan fingerprint density at radius 1 is 0.972 bits per heavy atom. The van der Waals surface area contributed by atoms with Crippen molar-refractivity contribution in [3.05, 3.63) is 70.2 Å². The summed E-state index contributed by atoms with van der Waals surface area (Å²) in [5.74, 6) is 0.347. The summed E-state index contributed by atoms with van der Waals surface area (Å²) in [5.41, 5.74) is 3.36. The summed E-state index contributed by atoms with van der Waals surface area (Å²) in [6.07, 6.45) is 1.11. The molecule has 0 aliphatic carbocycles. The summed E-state index contributed by atoms with van der Waals surface area (Å²) in [6.45, 7) is 5.51. The minimum absolute atomic E-state index is 0.150. The van der Waals surface area contributed by atoms with E-state index in [0.717, 1.165) is 22.1 Å². The van der Waals surface area contributed by atoms with Crippen LogP contribution in [-0.4, -0.2) is 37.3 Å². The molecule has 0 saturated heterocycles. The van der Waals surface area contributed by atoms with Gasteiger partial charge in [-0.15, -0.1) is 0 Å². The first-order chi connectivity index (χ1) is 17.2. The molecule has 36 heavy (non-hydrogen) atoms. The first kappa shape index (κ1) is 27.3. The number of amides is 2. The number of carbonyl (C=O) groups excluding carboxylic acids is 2. The van der Waals surface area contributed by atoms with Gasteiger partial charge in [0.15, 0.2) is 6.10 Å². The maximum Gasteiger partial charge on any atom is 0.262 e. The van der Waals surface area contributed by atoms with Crippen molar-refractivity contribution in [3.8, 4) is 11.5 Å². The van der Waals surface area contributed by atoms with E-state index in [0.29, 0.717) is 22.2 Å². The van der Waals surface area contributed by atoms with Gasteiger partial charge in [-0.3, -0.25) is 9.59 Å². The number of fused-ring (bicyclic) bond motifs is 1. The molecule has 2 atom stereocenters. The van der Waals surface area contributed by atoms with Crippen LogP contribution in [0.15, 0.2) is 59.7 Å². The highest BCUT2D eigenvalue weighted by atomic mass is 35.5. The Morgan fingerprint density at radius 3 is 2.33 bits per heavy atom. The maximum absolute atomic E-state index is 12.9. The molecule has 2 N–H and O–H groups in total. The zero-order valence-corrected chi connectivity index (χ0v) is 22.1. The standard InChI is InChI=1S/C27H29Cl2N3O4/c1-16(2)13-23(31-26(33)17(3)36-25-12-10-19(28)14-22(25)29)27(34)32-30-15-18-9-11-24(35-4)21-8-6-5-7-20(18)21/h5-12,14-17,23H,13H2,1-4H3,(H,31,33)(H,32,34)/b30-15-/t17-,23+/m0/s1. The van der Waals surface area contributed by atoms with E-state index in [1.54, 1.807) is 32.4 Å². The smallest absolute Gasteiger partial charge is 0.262 e. The number of methoxy groups -OCH3 is 1. The number of benzene rings is 3. The Morgan fingerprint density at radius 2 is 1.67 bits per heavy atom. The van der Waals surface area contributed by atoms with E-state index in [1.807, 2.05) is 50.2 Å². The van der Waals surface area contributed by atoms with Gasteiger partial charge < -0.3 is 14.8 Å². The van der Waals surface area contributed by atoms with Gasteiger partial charge in [0, 0.05) is 16.0 Å². The predicted molar refractivity (Wildman–Crippen MR) is 144 cm³/mol. The third kappa shape index (κ3) is 7.12. The molecule has 0 bridgehead atoms. The monoisotopic (exact) mass is 529 g/mol. The molecule has 0 aliphatic rings. The molecular formula is C27H29Cl2N3O4. The minimum atomic E-state index is -0.889. The average Bonchev–Trinajstić information content (AvgIpc) is 2.84. The van der Waals surface area contributed by atoms with Gasteiger partial charge in [0.1, 0.15) is 17.5 Å². The van der Waals surface area contributed by atoms with E-state index < -0.39 is 24.0 Å². The van der Waals surface area contributed by atoms with E-state index >= 15 is 0 Å². The predicted octanol–water partition coefficient (Wildman–Crippen LogP) is 5.60. The molecule has 0 aliphatic heterocycles. The summed E-state index contributed by atoms with van der Waals surface area (Å²) >= 11 is 12.0. The Kier molecular flexibility index (Phi) is 9.56. The average molecular weight is 530 g/mol. The quantitative estimate of drug-likeness (QED) is 0.264. The number of rotatable bonds is 10. The lowest BCUT2D eigenvalue weighted by Gasteiger charge is -2.22. The Balaban J connectivity index is 1.68. The first-order valence-electron chi connectivity index (χ1n) is 11.5. The Labute approximate surface area is 220 Å². The fraction of sp³-hybridized carbons (Fsp3) is 0.296. The molecule has 0 spiro atoms. The normalized spacial score (nSPS) is 13.0. The molecular weight excluding hydrogens is 501 g/mol. The largest absolute Gasteiger partial charge is 0.496 e. The summed E-state index contributed by atoms with van der Waals surface area (Å²) < 4.78 is 11.1. The van der Waals surface area contributed by atoms with Gasteiger partial charge in [-0.1, -0.05) is 61.3 Å². The highest BCUT2D eigenvalue weighted by molar-refractivity contribution is 6.35. The maximum atomic E-state index is 12.9. The second kappa shape index (κ2) is 12.6. The van der Waals surface area contributed by atoms with E-state index in [4.69, 9.17) is 32.7 Å². The van der Waals surface area contributed by atoms with Gasteiger partial charge in [0.2, 0.25) is 0 Å². The van der Waals surface area contributed by atoms with E-state index in [9.17, 15) is 9.59 Å². The van der Waals surface area contributed by atoms with Crippen LogP contribution < -0.4 is 20.2 Å². The van der Waals surface area contributed by atoms with Crippen LogP contribution in [0.4, 0.5) is 0 Å². The van der Waals surface area contributed by atoms with Gasteiger partial charge in [0.05, 0.1) is 18.3 Å². The van der Waals surface area contributed by atoms with Crippen LogP contribution in [0, 0.1) is 5.92 Å². The molecule has 0 fully saturated rings. The van der Waals surface area contributed by atoms with Crippen LogP contribution in [0.1, 0.15) is 32.8 Å². The minimum Gasteiger partial charge on any atom is -0.496 e. The third-order valence-electron chi connectivity index (χ3n) is 5.42. The molecule has 2 amide bonds. The van der Waals surface area contributed by atoms with E-state index in [2.05, 4.69) is 15.8 Å². The van der Waals surface area contributed by atoms with E-state index in [-0.39, 0.29) is 5.92 Å². The van der Waals surface area contributed by atoms with Crippen molar-refractivity contribution in [1.29, 1.82) is 0 Å². The molecule has 0 radical (unpaired) electrons. The van der Waals surface area contributed by atoms with Crippen molar-refractivity contribution < 1.29 is 19.1 Å². The number of nitrogens with zero attached hydrogens (tertiary/aromatic N) is 1. The zero-order chi connectivity index (χ0) is 26.2. The lowest BCUT2D eigenvalue weighted by atomic mass is 10.0. The van der Waals surface area contributed by atoms with Crippen molar-refractivity contribution in [3.63, 3.8) is 0 Å². The topological polar surface area (TPSA) is 89.0 Å². The third-order valence-corrected chi connectivity index (χ3v) is 5.95. The second-order valence-electron chi connectivity index (χ2n) is 8.66. The highest BCUT2D eigenvalue weighted by Gasteiger charge is 2.25. The molecule has 3 aromatic rings. The summed E-state index contributed by atoms with van der Waals surface area (Å²) in [6, 6.07) is 15.4. The summed E-state index contributed by atoms with van der Waals surface area (Å²) in [4.78, 5) is 25.7. The molecule has 7 nitrogen and oxygen atoms in total. The molecule has 0 unspecified atom stereocenters. The second-order valence-corrected chi connectivity index (χ2v) is 9.51. The fourth-order valence-electron chi connectivity index (χ4n) is 3.64. The van der Waals surface area contributed by atoms with Gasteiger partial charge >= 0.3 is 0 Å². The number of hydrazone groups is 1. The molecule has 3 rings (SSSR count). The van der Waals surface area contributed by atoms with Crippen LogP contribution in [0.5, 0.6) is 11.5 Å². The van der Waals surface area contributed by atoms with Crippen molar-refractivity contribution in [2.45, 2.75) is 39.3 Å². The van der Waals surface area contributed by atoms with Gasteiger partial charge in [-0.05, 0) is 55.0 Å². The number of halogens is 2. The van der Waals surface area contributed by atoms with E-state index in [1.165, 1.54) is 6.07 Å². The number of carbonyl (C=O) groups is 2. The number of nitrogens with one attached hydrogen (secondary N) is 2. The molecule has 0 heterocycles. The molecule has 190 valence electrons. The molecule has 0 aromatic heterocycles. The van der Waals surface area contributed by atoms with Crippen LogP contribution in [0.25, 0.3) is 10.8 Å². The van der Waals surface area contributed by atoms with Crippen molar-refractivity contribution in [2.75, 3.05) is 7.11 Å². The number of hydrogen-bond acceptors (Lipinski definition) is 5. The highest BCUT2D eigenvalue weighted by Crippen LogP contribution is 2.29. The van der Waals surface area contributed by atoms with Gasteiger partial charge in [-0.25, -0.2) is 5.43 Å². The molecule has 3 aromatic carbocycles. The van der Waals surface area contributed by atoms with Crippen molar-refractivity contribution in [2.24, 2.45) is 11.0 Å². The lowest BCUT2D eigenvalue weighted by Crippen LogP contribution is -2.49.